The molecule has 0 fully saturated rings. The molecule has 4 heteroatoms. The van der Waals surface area contributed by atoms with Crippen molar-refractivity contribution < 1.29 is 0 Å². The van der Waals surface area contributed by atoms with Crippen molar-refractivity contribution in [3.05, 3.63) is 52.8 Å². The Morgan fingerprint density at radius 1 is 1.24 bits per heavy atom. The van der Waals surface area contributed by atoms with Crippen LogP contribution >= 0.6 is 0 Å². The molecule has 1 atom stereocenters. The summed E-state index contributed by atoms with van der Waals surface area (Å²) in [7, 11) is 1.92. The number of benzene rings is 1. The number of rotatable bonds is 3. The van der Waals surface area contributed by atoms with E-state index >= 15 is 0 Å². The molecule has 90 valence electrons. The Bertz CT molecular complexity index is 516. The quantitative estimate of drug-likeness (QED) is 0.622. The Labute approximate surface area is 101 Å². The second kappa shape index (κ2) is 4.69. The zero-order chi connectivity index (χ0) is 12.4. The van der Waals surface area contributed by atoms with Gasteiger partial charge in [0.25, 0.3) is 0 Å². The van der Waals surface area contributed by atoms with Crippen molar-refractivity contribution in [3.8, 4) is 0 Å². The highest BCUT2D eigenvalue weighted by atomic mass is 15.3. The molecule has 0 radical (unpaired) electrons. The maximum Gasteiger partial charge on any atom is 0.0878 e. The smallest absolute Gasteiger partial charge is 0.0878 e. The van der Waals surface area contributed by atoms with Crippen molar-refractivity contribution in [1.29, 1.82) is 0 Å². The number of aromatic nitrogens is 2. The lowest BCUT2D eigenvalue weighted by Crippen LogP contribution is -2.30. The standard InChI is InChI=1S/C13H18N4/c1-9-4-5-11(8-10(9)2)13(16-14)12-6-7-15-17(12)3/h4-8,13,16H,14H2,1-3H3. The van der Waals surface area contributed by atoms with E-state index in [1.54, 1.807) is 6.20 Å². The number of nitrogens with zero attached hydrogens (tertiary/aromatic N) is 2. The summed E-state index contributed by atoms with van der Waals surface area (Å²) < 4.78 is 1.83. The summed E-state index contributed by atoms with van der Waals surface area (Å²) in [5.74, 6) is 5.66. The van der Waals surface area contributed by atoms with Crippen LogP contribution in [0, 0.1) is 13.8 Å². The first-order chi connectivity index (χ1) is 8.13. The predicted octanol–water partition coefficient (Wildman–Crippen LogP) is 1.59. The highest BCUT2D eigenvalue weighted by Crippen LogP contribution is 2.22. The van der Waals surface area contributed by atoms with Gasteiger partial charge in [0, 0.05) is 13.2 Å². The number of hydrogen-bond donors (Lipinski definition) is 2. The highest BCUT2D eigenvalue weighted by molar-refractivity contribution is 5.35. The van der Waals surface area contributed by atoms with E-state index in [2.05, 4.69) is 42.6 Å². The van der Waals surface area contributed by atoms with Crippen LogP contribution in [0.15, 0.2) is 30.5 Å². The second-order valence-corrected chi connectivity index (χ2v) is 4.32. The summed E-state index contributed by atoms with van der Waals surface area (Å²) in [5, 5.41) is 4.17. The summed E-state index contributed by atoms with van der Waals surface area (Å²) in [4.78, 5) is 0. The third-order valence-electron chi connectivity index (χ3n) is 3.19. The minimum absolute atomic E-state index is 0.0261. The number of hydrazine groups is 1. The van der Waals surface area contributed by atoms with Crippen molar-refractivity contribution in [1.82, 2.24) is 15.2 Å². The van der Waals surface area contributed by atoms with Crippen LogP contribution in [0.1, 0.15) is 28.4 Å². The molecule has 0 saturated carbocycles. The molecule has 0 bridgehead atoms. The van der Waals surface area contributed by atoms with E-state index in [-0.39, 0.29) is 6.04 Å². The number of hydrogen-bond acceptors (Lipinski definition) is 3. The molecule has 1 heterocycles. The van der Waals surface area contributed by atoms with Gasteiger partial charge >= 0.3 is 0 Å². The van der Waals surface area contributed by atoms with Gasteiger partial charge in [0.2, 0.25) is 0 Å². The fraction of sp³-hybridized carbons (Fsp3) is 0.308. The van der Waals surface area contributed by atoms with Crippen LogP contribution in [-0.4, -0.2) is 9.78 Å². The topological polar surface area (TPSA) is 55.9 Å². The molecule has 17 heavy (non-hydrogen) atoms. The van der Waals surface area contributed by atoms with Crippen molar-refractivity contribution in [2.45, 2.75) is 19.9 Å². The summed E-state index contributed by atoms with van der Waals surface area (Å²) in [6.07, 6.45) is 1.78. The Morgan fingerprint density at radius 3 is 2.53 bits per heavy atom. The lowest BCUT2D eigenvalue weighted by molar-refractivity contribution is 0.574. The summed E-state index contributed by atoms with van der Waals surface area (Å²) >= 11 is 0. The van der Waals surface area contributed by atoms with Crippen molar-refractivity contribution >= 4 is 0 Å². The third-order valence-corrected chi connectivity index (χ3v) is 3.19. The SMILES string of the molecule is Cc1ccc(C(NN)c2ccnn2C)cc1C. The number of aryl methyl sites for hydroxylation is 3. The average molecular weight is 230 g/mol. The molecule has 2 rings (SSSR count). The van der Waals surface area contributed by atoms with Gasteiger partial charge in [-0.25, -0.2) is 5.43 Å². The van der Waals surface area contributed by atoms with Crippen LogP contribution in [0.4, 0.5) is 0 Å². The molecule has 0 spiro atoms. The molecule has 0 aliphatic rings. The fourth-order valence-electron chi connectivity index (χ4n) is 1.96. The van der Waals surface area contributed by atoms with Crippen LogP contribution in [-0.2, 0) is 7.05 Å². The van der Waals surface area contributed by atoms with Crippen LogP contribution < -0.4 is 11.3 Å². The van der Waals surface area contributed by atoms with Gasteiger partial charge in [0.1, 0.15) is 0 Å². The van der Waals surface area contributed by atoms with E-state index in [0.29, 0.717) is 0 Å². The third kappa shape index (κ3) is 2.23. The maximum atomic E-state index is 5.66. The van der Waals surface area contributed by atoms with E-state index in [1.165, 1.54) is 11.1 Å². The molecular weight excluding hydrogens is 212 g/mol. The first-order valence-corrected chi connectivity index (χ1v) is 5.64. The van der Waals surface area contributed by atoms with Crippen molar-refractivity contribution in [2.24, 2.45) is 12.9 Å². The minimum Gasteiger partial charge on any atom is -0.271 e. The molecule has 0 saturated heterocycles. The van der Waals surface area contributed by atoms with E-state index in [4.69, 9.17) is 5.84 Å². The monoisotopic (exact) mass is 230 g/mol. The second-order valence-electron chi connectivity index (χ2n) is 4.32. The Balaban J connectivity index is 2.42. The lowest BCUT2D eigenvalue weighted by atomic mass is 9.99. The van der Waals surface area contributed by atoms with Crippen LogP contribution in [0.5, 0.6) is 0 Å². The lowest BCUT2D eigenvalue weighted by Gasteiger charge is -2.17. The minimum atomic E-state index is -0.0261. The van der Waals surface area contributed by atoms with Crippen molar-refractivity contribution in [3.63, 3.8) is 0 Å². The Hall–Kier alpha value is -1.65. The van der Waals surface area contributed by atoms with Gasteiger partial charge in [0.15, 0.2) is 0 Å². The molecule has 2 aromatic rings. The Morgan fingerprint density at radius 2 is 2.00 bits per heavy atom. The van der Waals surface area contributed by atoms with Gasteiger partial charge in [-0.2, -0.15) is 5.10 Å². The molecule has 0 amide bonds. The van der Waals surface area contributed by atoms with E-state index in [9.17, 15) is 0 Å². The molecule has 3 N–H and O–H groups in total. The predicted molar refractivity (Wildman–Crippen MR) is 68.3 cm³/mol. The van der Waals surface area contributed by atoms with E-state index in [0.717, 1.165) is 11.3 Å². The van der Waals surface area contributed by atoms with Gasteiger partial charge in [-0.1, -0.05) is 18.2 Å². The average Bonchev–Trinajstić information content (AvgIpc) is 2.71. The molecule has 0 aliphatic heterocycles. The summed E-state index contributed by atoms with van der Waals surface area (Å²) in [6, 6.07) is 8.32. The van der Waals surface area contributed by atoms with E-state index in [1.807, 2.05) is 17.8 Å². The van der Waals surface area contributed by atoms with Gasteiger partial charge in [0.05, 0.1) is 11.7 Å². The van der Waals surface area contributed by atoms with Gasteiger partial charge in [-0.05, 0) is 36.6 Å². The maximum absolute atomic E-state index is 5.66. The van der Waals surface area contributed by atoms with Crippen LogP contribution in [0.2, 0.25) is 0 Å². The van der Waals surface area contributed by atoms with Gasteiger partial charge in [-0.15, -0.1) is 0 Å². The van der Waals surface area contributed by atoms with Crippen LogP contribution in [0.3, 0.4) is 0 Å². The number of nitrogens with two attached hydrogens (primary N) is 1. The zero-order valence-electron chi connectivity index (χ0n) is 10.4. The normalized spacial score (nSPS) is 12.7. The fourth-order valence-corrected chi connectivity index (χ4v) is 1.96. The first-order valence-electron chi connectivity index (χ1n) is 5.64. The van der Waals surface area contributed by atoms with Gasteiger partial charge in [-0.3, -0.25) is 10.5 Å². The molecule has 0 aliphatic carbocycles. The molecule has 4 nitrogen and oxygen atoms in total. The molecule has 1 aromatic heterocycles. The largest absolute Gasteiger partial charge is 0.271 e. The van der Waals surface area contributed by atoms with Gasteiger partial charge < -0.3 is 0 Å². The van der Waals surface area contributed by atoms with E-state index < -0.39 is 0 Å². The molecule has 1 unspecified atom stereocenters. The molecule has 1 aromatic carbocycles. The Kier molecular flexibility index (Phi) is 3.26. The molecular formula is C13H18N4. The zero-order valence-corrected chi connectivity index (χ0v) is 10.4. The number of nitrogens with one attached hydrogen (secondary N) is 1. The highest BCUT2D eigenvalue weighted by Gasteiger charge is 2.15. The van der Waals surface area contributed by atoms with Crippen molar-refractivity contribution in [2.75, 3.05) is 0 Å². The summed E-state index contributed by atoms with van der Waals surface area (Å²) in [5.41, 5.74) is 7.61. The first kappa shape index (κ1) is 11.8. The summed E-state index contributed by atoms with van der Waals surface area (Å²) in [6.45, 7) is 4.21. The van der Waals surface area contributed by atoms with Crippen LogP contribution in [0.25, 0.3) is 0 Å².